The molecule has 2 aromatic carbocycles. The second-order valence-corrected chi connectivity index (χ2v) is 8.74. The van der Waals surface area contributed by atoms with Crippen LogP contribution in [0.3, 0.4) is 0 Å². The number of anilines is 1. The van der Waals surface area contributed by atoms with E-state index in [1.54, 1.807) is 7.05 Å². The molecule has 1 heterocycles. The van der Waals surface area contributed by atoms with E-state index in [1.165, 1.54) is 10.7 Å². The Morgan fingerprint density at radius 2 is 1.71 bits per heavy atom. The lowest BCUT2D eigenvalue weighted by Crippen LogP contribution is -2.26. The van der Waals surface area contributed by atoms with Crippen molar-refractivity contribution in [2.45, 2.75) is 25.7 Å². The van der Waals surface area contributed by atoms with E-state index < -0.39 is 18.0 Å². The summed E-state index contributed by atoms with van der Waals surface area (Å²) in [5, 5.41) is 18.3. The van der Waals surface area contributed by atoms with Crippen LogP contribution in [0.5, 0.6) is 0 Å². The highest BCUT2D eigenvalue weighted by atomic mass is 16.5. The second kappa shape index (κ2) is 10.4. The van der Waals surface area contributed by atoms with Crippen LogP contribution >= 0.6 is 0 Å². The molecule has 3 N–H and O–H groups in total. The summed E-state index contributed by atoms with van der Waals surface area (Å²) >= 11 is 0. The molecule has 9 nitrogen and oxygen atoms in total. The van der Waals surface area contributed by atoms with Crippen molar-refractivity contribution >= 4 is 23.8 Å². The van der Waals surface area contributed by atoms with Gasteiger partial charge >= 0.3 is 12.1 Å². The summed E-state index contributed by atoms with van der Waals surface area (Å²) in [6.07, 6.45) is -0.0482. The van der Waals surface area contributed by atoms with Gasteiger partial charge in [-0.15, -0.1) is 0 Å². The van der Waals surface area contributed by atoms with Crippen molar-refractivity contribution in [3.8, 4) is 11.1 Å². The molecule has 0 saturated carbocycles. The Morgan fingerprint density at radius 1 is 1.09 bits per heavy atom. The molecule has 9 heteroatoms. The molecule has 0 saturated heterocycles. The summed E-state index contributed by atoms with van der Waals surface area (Å²) in [5.41, 5.74) is 4.69. The van der Waals surface area contributed by atoms with Gasteiger partial charge in [0.15, 0.2) is 5.69 Å². The number of carboxylic acids is 1. The third-order valence-corrected chi connectivity index (χ3v) is 6.13. The number of ether oxygens (including phenoxy) is 1. The average molecular weight is 477 g/mol. The molecule has 0 radical (unpaired) electrons. The lowest BCUT2D eigenvalue weighted by atomic mass is 9.98. The van der Waals surface area contributed by atoms with Gasteiger partial charge in [-0.1, -0.05) is 55.5 Å². The number of carbonyl (C=O) groups excluding carboxylic acids is 2. The fourth-order valence-corrected chi connectivity index (χ4v) is 4.36. The summed E-state index contributed by atoms with van der Waals surface area (Å²) in [5.74, 6) is -1.04. The molecule has 4 rings (SSSR count). The van der Waals surface area contributed by atoms with Crippen LogP contribution in [0.2, 0.25) is 0 Å². The van der Waals surface area contributed by atoms with Crippen molar-refractivity contribution in [1.29, 1.82) is 0 Å². The van der Waals surface area contributed by atoms with E-state index in [1.807, 2.05) is 31.2 Å². The molecule has 2 amide bonds. The number of aryl methyl sites for hydroxylation is 1. The van der Waals surface area contributed by atoms with Crippen LogP contribution in [0.25, 0.3) is 11.1 Å². The molecule has 1 aliphatic carbocycles. The smallest absolute Gasteiger partial charge is 0.412 e. The Hall–Kier alpha value is -4.14. The molecule has 35 heavy (non-hydrogen) atoms. The zero-order valence-corrected chi connectivity index (χ0v) is 19.7. The first-order chi connectivity index (χ1) is 16.8. The van der Waals surface area contributed by atoms with E-state index in [0.717, 1.165) is 22.3 Å². The van der Waals surface area contributed by atoms with Gasteiger partial charge in [0.25, 0.3) is 5.91 Å². The summed E-state index contributed by atoms with van der Waals surface area (Å²) in [7, 11) is 1.62. The number of nitrogens with zero attached hydrogens (tertiary/aromatic N) is 2. The molecule has 1 aliphatic rings. The minimum Gasteiger partial charge on any atom is -0.481 e. The van der Waals surface area contributed by atoms with Gasteiger partial charge in [0.05, 0.1) is 0 Å². The summed E-state index contributed by atoms with van der Waals surface area (Å²) in [4.78, 5) is 35.7. The Morgan fingerprint density at radius 3 is 2.34 bits per heavy atom. The van der Waals surface area contributed by atoms with Gasteiger partial charge in [-0.25, -0.2) is 4.79 Å². The first kappa shape index (κ1) is 24.0. The number of carboxylic acid groups (broad SMARTS) is 1. The van der Waals surface area contributed by atoms with Gasteiger partial charge in [-0.05, 0) is 34.6 Å². The summed E-state index contributed by atoms with van der Waals surface area (Å²) in [6.45, 7) is 2.33. The van der Waals surface area contributed by atoms with E-state index in [0.29, 0.717) is 18.8 Å². The SMILES string of the molecule is CC(CCNC(=O)c1cc(NC(=O)OCC2c3ccccc3-c3ccccc32)n(C)n1)CC(=O)O. The number of aromatic nitrogens is 2. The number of fused-ring (bicyclic) bond motifs is 3. The molecule has 1 atom stereocenters. The molecule has 0 bridgehead atoms. The minimum absolute atomic E-state index is 0.0493. The van der Waals surface area contributed by atoms with E-state index in [-0.39, 0.29) is 30.6 Å². The van der Waals surface area contributed by atoms with Gasteiger partial charge in [0, 0.05) is 32.0 Å². The molecule has 0 spiro atoms. The van der Waals surface area contributed by atoms with Crippen LogP contribution < -0.4 is 10.6 Å². The van der Waals surface area contributed by atoms with Crippen molar-refractivity contribution in [3.63, 3.8) is 0 Å². The lowest BCUT2D eigenvalue weighted by molar-refractivity contribution is -0.138. The van der Waals surface area contributed by atoms with E-state index in [2.05, 4.69) is 40.0 Å². The Bertz CT molecular complexity index is 1210. The van der Waals surface area contributed by atoms with Crippen molar-refractivity contribution in [1.82, 2.24) is 15.1 Å². The van der Waals surface area contributed by atoms with Crippen LogP contribution in [0.15, 0.2) is 54.6 Å². The zero-order chi connectivity index (χ0) is 24.9. The second-order valence-electron chi connectivity index (χ2n) is 8.74. The topological polar surface area (TPSA) is 123 Å². The van der Waals surface area contributed by atoms with E-state index >= 15 is 0 Å². The average Bonchev–Trinajstić information content (AvgIpc) is 3.35. The van der Waals surface area contributed by atoms with Crippen LogP contribution in [0, 0.1) is 5.92 Å². The van der Waals surface area contributed by atoms with E-state index in [4.69, 9.17) is 9.84 Å². The summed E-state index contributed by atoms with van der Waals surface area (Å²) < 4.78 is 6.94. The predicted octanol–water partition coefficient (Wildman–Crippen LogP) is 4.01. The number of benzene rings is 2. The summed E-state index contributed by atoms with van der Waals surface area (Å²) in [6, 6.07) is 17.7. The Kier molecular flexibility index (Phi) is 7.14. The third kappa shape index (κ3) is 5.51. The standard InChI is InChI=1S/C26H28N4O5/c1-16(13-24(31)32)11-12-27-25(33)22-14-23(30(2)29-22)28-26(34)35-15-21-19-9-5-3-7-17(19)18-8-4-6-10-20(18)21/h3-10,14,16,21H,11-13,15H2,1-2H3,(H,27,33)(H,28,34)(H,31,32). The van der Waals surface area contributed by atoms with Crippen LogP contribution in [0.1, 0.15) is 47.3 Å². The van der Waals surface area contributed by atoms with Crippen molar-refractivity contribution in [2.75, 3.05) is 18.5 Å². The Labute approximate surface area is 203 Å². The Balaban J connectivity index is 1.32. The fourth-order valence-electron chi connectivity index (χ4n) is 4.36. The third-order valence-electron chi connectivity index (χ3n) is 6.13. The molecule has 1 aromatic heterocycles. The van der Waals surface area contributed by atoms with Crippen LogP contribution in [-0.4, -0.2) is 46.0 Å². The first-order valence-electron chi connectivity index (χ1n) is 11.5. The van der Waals surface area contributed by atoms with Crippen LogP contribution in [0.4, 0.5) is 10.6 Å². The molecule has 182 valence electrons. The maximum absolute atomic E-state index is 12.5. The van der Waals surface area contributed by atoms with Crippen LogP contribution in [-0.2, 0) is 16.6 Å². The van der Waals surface area contributed by atoms with Crippen molar-refractivity contribution in [3.05, 3.63) is 71.4 Å². The number of hydrogen-bond donors (Lipinski definition) is 3. The van der Waals surface area contributed by atoms with E-state index in [9.17, 15) is 14.4 Å². The monoisotopic (exact) mass is 476 g/mol. The van der Waals surface area contributed by atoms with Crippen molar-refractivity contribution in [2.24, 2.45) is 13.0 Å². The number of hydrogen-bond acceptors (Lipinski definition) is 5. The number of amides is 2. The maximum Gasteiger partial charge on any atom is 0.412 e. The quantitative estimate of drug-likeness (QED) is 0.429. The fraction of sp³-hybridized carbons (Fsp3) is 0.308. The maximum atomic E-state index is 12.5. The highest BCUT2D eigenvalue weighted by Crippen LogP contribution is 2.44. The highest BCUT2D eigenvalue weighted by molar-refractivity contribution is 5.94. The minimum atomic E-state index is -0.863. The zero-order valence-electron chi connectivity index (χ0n) is 19.7. The number of rotatable bonds is 9. The van der Waals surface area contributed by atoms with Gasteiger partial charge in [0.2, 0.25) is 0 Å². The molecule has 0 fully saturated rings. The van der Waals surface area contributed by atoms with Gasteiger partial charge in [-0.3, -0.25) is 19.6 Å². The molecule has 0 aliphatic heterocycles. The number of carbonyl (C=O) groups is 3. The number of nitrogens with one attached hydrogen (secondary N) is 2. The van der Waals surface area contributed by atoms with Crippen molar-refractivity contribution < 1.29 is 24.2 Å². The normalized spacial score (nSPS) is 13.0. The molecule has 1 unspecified atom stereocenters. The number of aliphatic carboxylic acids is 1. The predicted molar refractivity (Wildman–Crippen MR) is 130 cm³/mol. The van der Waals surface area contributed by atoms with Gasteiger partial charge in [0.1, 0.15) is 12.4 Å². The highest BCUT2D eigenvalue weighted by Gasteiger charge is 2.29. The van der Waals surface area contributed by atoms with Gasteiger partial charge < -0.3 is 15.2 Å². The molecule has 3 aromatic rings. The van der Waals surface area contributed by atoms with Gasteiger partial charge in [-0.2, -0.15) is 5.10 Å². The molecular formula is C26H28N4O5. The molecular weight excluding hydrogens is 448 g/mol. The largest absolute Gasteiger partial charge is 0.481 e. The lowest BCUT2D eigenvalue weighted by Gasteiger charge is -2.14. The first-order valence-corrected chi connectivity index (χ1v) is 11.5.